The summed E-state index contributed by atoms with van der Waals surface area (Å²) >= 11 is 7.43. The Bertz CT molecular complexity index is 918. The second-order valence-electron chi connectivity index (χ2n) is 9.53. The molecule has 0 N–H and O–H groups in total. The van der Waals surface area contributed by atoms with E-state index >= 15 is 0 Å². The number of methoxy groups -OCH3 is 1. The lowest BCUT2D eigenvalue weighted by Crippen LogP contribution is -2.45. The van der Waals surface area contributed by atoms with Gasteiger partial charge in [-0.15, -0.1) is 0 Å². The van der Waals surface area contributed by atoms with Crippen molar-refractivity contribution in [3.63, 3.8) is 0 Å². The zero-order chi connectivity index (χ0) is 24.6. The highest BCUT2D eigenvalue weighted by Gasteiger charge is 2.32. The molecule has 1 aromatic rings. The summed E-state index contributed by atoms with van der Waals surface area (Å²) in [5.41, 5.74) is 1.27. The Morgan fingerprint density at radius 1 is 1.09 bits per heavy atom. The first-order valence-corrected chi connectivity index (χ1v) is 14.3. The normalized spacial score (nSPS) is 19.9. The maximum absolute atomic E-state index is 13.0. The lowest BCUT2D eigenvalue weighted by atomic mass is 10.1. The fourth-order valence-electron chi connectivity index (χ4n) is 4.78. The zero-order valence-electron chi connectivity index (χ0n) is 21.0. The summed E-state index contributed by atoms with van der Waals surface area (Å²) in [4.78, 5) is 24.2. The number of piperazine rings is 1. The van der Waals surface area contributed by atoms with E-state index in [2.05, 4.69) is 21.8 Å². The van der Waals surface area contributed by atoms with Crippen molar-refractivity contribution in [3.8, 4) is 11.5 Å². The van der Waals surface area contributed by atoms with Gasteiger partial charge in [-0.25, -0.2) is 0 Å². The van der Waals surface area contributed by atoms with Gasteiger partial charge < -0.3 is 24.2 Å². The molecular formula is C26H38N4O3S2. The monoisotopic (exact) mass is 518 g/mol. The van der Waals surface area contributed by atoms with Crippen molar-refractivity contribution < 1.29 is 14.3 Å². The predicted octanol–water partition coefficient (Wildman–Crippen LogP) is 4.61. The number of benzene rings is 1. The number of fused-ring (bicyclic) bond motifs is 2. The van der Waals surface area contributed by atoms with E-state index in [-0.39, 0.29) is 11.9 Å². The number of carbonyl (C=O) groups is 1. The Labute approximate surface area is 219 Å². The molecule has 9 heteroatoms. The van der Waals surface area contributed by atoms with E-state index in [0.717, 1.165) is 68.5 Å². The number of nitrogens with zero attached hydrogens (tertiary/aromatic N) is 4. The van der Waals surface area contributed by atoms with Crippen LogP contribution in [-0.2, 0) is 0 Å². The first-order valence-electron chi connectivity index (χ1n) is 12.9. The van der Waals surface area contributed by atoms with Crippen LogP contribution in [0.1, 0.15) is 55.3 Å². The van der Waals surface area contributed by atoms with E-state index in [9.17, 15) is 4.79 Å². The fraction of sp³-hybridized carbons (Fsp3) is 0.654. The molecule has 0 unspecified atom stereocenters. The Kier molecular flexibility index (Phi) is 9.68. The molecule has 0 saturated carbocycles. The Morgan fingerprint density at radius 2 is 1.86 bits per heavy atom. The van der Waals surface area contributed by atoms with Gasteiger partial charge >= 0.3 is 0 Å². The van der Waals surface area contributed by atoms with Gasteiger partial charge in [-0.1, -0.05) is 43.2 Å². The van der Waals surface area contributed by atoms with Crippen LogP contribution in [-0.4, -0.2) is 96.4 Å². The van der Waals surface area contributed by atoms with Gasteiger partial charge in [0, 0.05) is 50.8 Å². The molecule has 7 nitrogen and oxygen atoms in total. The topological polar surface area (TPSA) is 57.6 Å². The molecule has 0 bridgehead atoms. The Morgan fingerprint density at radius 3 is 2.66 bits per heavy atom. The molecule has 1 amide bonds. The Balaban J connectivity index is 1.14. The molecule has 3 aliphatic rings. The summed E-state index contributed by atoms with van der Waals surface area (Å²) < 4.78 is 12.6. The number of thioether (sulfide) groups is 1. The number of aliphatic imine (C=N–C) groups is 1. The maximum atomic E-state index is 13.0. The number of amides is 1. The summed E-state index contributed by atoms with van der Waals surface area (Å²) in [6.45, 7) is 5.73. The second kappa shape index (κ2) is 12.9. The minimum Gasteiger partial charge on any atom is -0.493 e. The van der Waals surface area contributed by atoms with Crippen molar-refractivity contribution in [1.82, 2.24) is 14.7 Å². The van der Waals surface area contributed by atoms with Crippen LogP contribution in [0.2, 0.25) is 0 Å². The summed E-state index contributed by atoms with van der Waals surface area (Å²) in [6, 6.07) is 3.74. The SMILES string of the molecule is COc1cc2c(cc1OCCCCCCCSC(=S)N1CCN(C)CC1)N=C[C@@H]1CCCN1C2=O. The molecule has 2 fully saturated rings. The van der Waals surface area contributed by atoms with Crippen LogP contribution in [0.25, 0.3) is 0 Å². The van der Waals surface area contributed by atoms with E-state index in [1.807, 2.05) is 28.9 Å². The summed E-state index contributed by atoms with van der Waals surface area (Å²) in [6.07, 6.45) is 9.65. The standard InChI is InChI=1S/C26H38N4O3S2/c1-28-11-13-29(14-12-28)26(34)35-16-7-5-3-4-6-15-33-24-18-22-21(17-23(24)32-2)25(31)30-10-8-9-20(30)19-27-22/h17-20H,3-16H2,1-2H3/t20-/m0/s1. The molecule has 0 aromatic heterocycles. The van der Waals surface area contributed by atoms with Crippen molar-refractivity contribution in [2.24, 2.45) is 4.99 Å². The van der Waals surface area contributed by atoms with E-state index in [4.69, 9.17) is 21.7 Å². The predicted molar refractivity (Wildman–Crippen MR) is 148 cm³/mol. The molecule has 1 atom stereocenters. The third-order valence-electron chi connectivity index (χ3n) is 6.99. The van der Waals surface area contributed by atoms with Crippen molar-refractivity contribution in [3.05, 3.63) is 17.7 Å². The van der Waals surface area contributed by atoms with Gasteiger partial charge in [-0.05, 0) is 38.8 Å². The third-order valence-corrected chi connectivity index (χ3v) is 8.60. The number of thiocarbonyl (C=S) groups is 1. The average molecular weight is 519 g/mol. The van der Waals surface area contributed by atoms with Gasteiger partial charge in [0.25, 0.3) is 5.91 Å². The number of unbranched alkanes of at least 4 members (excludes halogenated alkanes) is 4. The third kappa shape index (κ3) is 6.89. The van der Waals surface area contributed by atoms with Gasteiger partial charge in [0.15, 0.2) is 11.5 Å². The van der Waals surface area contributed by atoms with Crippen molar-refractivity contribution in [2.75, 3.05) is 59.2 Å². The molecule has 35 heavy (non-hydrogen) atoms. The number of rotatable bonds is 10. The van der Waals surface area contributed by atoms with Crippen molar-refractivity contribution in [2.45, 2.75) is 51.0 Å². The van der Waals surface area contributed by atoms with Crippen LogP contribution in [0.4, 0.5) is 5.69 Å². The molecule has 2 saturated heterocycles. The average Bonchev–Trinajstić information content (AvgIpc) is 3.30. The van der Waals surface area contributed by atoms with Crippen LogP contribution in [0.5, 0.6) is 11.5 Å². The van der Waals surface area contributed by atoms with E-state index in [0.29, 0.717) is 29.4 Å². The van der Waals surface area contributed by atoms with Gasteiger partial charge in [0.2, 0.25) is 0 Å². The van der Waals surface area contributed by atoms with Crippen LogP contribution >= 0.6 is 24.0 Å². The minimum absolute atomic E-state index is 0.0345. The Hall–Kier alpha value is -1.84. The van der Waals surface area contributed by atoms with Gasteiger partial charge in [-0.2, -0.15) is 0 Å². The zero-order valence-corrected chi connectivity index (χ0v) is 22.7. The van der Waals surface area contributed by atoms with E-state index in [1.54, 1.807) is 13.2 Å². The quantitative estimate of drug-likeness (QED) is 0.331. The molecule has 3 aliphatic heterocycles. The molecule has 0 spiro atoms. The molecule has 0 radical (unpaired) electrons. The lowest BCUT2D eigenvalue weighted by molar-refractivity contribution is 0.0774. The molecular weight excluding hydrogens is 480 g/mol. The largest absolute Gasteiger partial charge is 0.493 e. The van der Waals surface area contributed by atoms with E-state index < -0.39 is 0 Å². The molecule has 4 rings (SSSR count). The lowest BCUT2D eigenvalue weighted by Gasteiger charge is -2.33. The van der Waals surface area contributed by atoms with Crippen LogP contribution in [0.3, 0.4) is 0 Å². The molecule has 192 valence electrons. The van der Waals surface area contributed by atoms with Crippen molar-refractivity contribution >= 4 is 46.1 Å². The molecule has 3 heterocycles. The summed E-state index contributed by atoms with van der Waals surface area (Å²) in [5, 5.41) is 0. The number of likely N-dealkylation sites (N-methyl/N-ethyl adjacent to an activating group) is 1. The minimum atomic E-state index is 0.0345. The summed E-state index contributed by atoms with van der Waals surface area (Å²) in [7, 11) is 3.78. The molecule has 0 aliphatic carbocycles. The van der Waals surface area contributed by atoms with Crippen LogP contribution in [0, 0.1) is 0 Å². The number of carbonyl (C=O) groups excluding carboxylic acids is 1. The van der Waals surface area contributed by atoms with Gasteiger partial charge in [0.05, 0.1) is 31.0 Å². The maximum Gasteiger partial charge on any atom is 0.256 e. The number of ether oxygens (including phenoxy) is 2. The van der Waals surface area contributed by atoms with E-state index in [1.165, 1.54) is 19.3 Å². The van der Waals surface area contributed by atoms with Crippen LogP contribution in [0.15, 0.2) is 17.1 Å². The first kappa shape index (κ1) is 26.2. The number of hydrogen-bond donors (Lipinski definition) is 0. The highest BCUT2D eigenvalue weighted by molar-refractivity contribution is 8.22. The second-order valence-corrected chi connectivity index (χ2v) is 11.3. The van der Waals surface area contributed by atoms with Gasteiger partial charge in [-0.3, -0.25) is 9.79 Å². The first-order chi connectivity index (χ1) is 17.1. The highest BCUT2D eigenvalue weighted by Crippen LogP contribution is 2.38. The molecule has 1 aromatic carbocycles. The van der Waals surface area contributed by atoms with Crippen LogP contribution < -0.4 is 9.47 Å². The summed E-state index contributed by atoms with van der Waals surface area (Å²) in [5.74, 6) is 2.39. The van der Waals surface area contributed by atoms with Crippen molar-refractivity contribution in [1.29, 1.82) is 0 Å². The fourth-order valence-corrected chi connectivity index (χ4v) is 6.10. The highest BCUT2D eigenvalue weighted by atomic mass is 32.2. The number of hydrogen-bond acceptors (Lipinski definition) is 7. The van der Waals surface area contributed by atoms with Gasteiger partial charge in [0.1, 0.15) is 4.32 Å². The smallest absolute Gasteiger partial charge is 0.256 e.